The quantitative estimate of drug-likeness (QED) is 0.577. The largest absolute Gasteiger partial charge is 0.327 e. The molecule has 0 unspecified atom stereocenters. The normalized spacial score (nSPS) is 10.2. The zero-order valence-electron chi connectivity index (χ0n) is 6.33. The molecule has 0 aliphatic heterocycles. The summed E-state index contributed by atoms with van der Waals surface area (Å²) in [6, 6.07) is 0. The predicted molar refractivity (Wildman–Crippen MR) is 39.4 cm³/mol. The van der Waals surface area contributed by atoms with Crippen LogP contribution < -0.4 is 10.3 Å². The summed E-state index contributed by atoms with van der Waals surface area (Å²) < 4.78 is 4.21. The Morgan fingerprint density at radius 1 is 1.60 bits per heavy atom. The van der Waals surface area contributed by atoms with E-state index in [9.17, 15) is 0 Å². The first-order valence-electron chi connectivity index (χ1n) is 3.61. The minimum Gasteiger partial charge on any atom is -0.327 e. The van der Waals surface area contributed by atoms with Crippen LogP contribution in [0.2, 0.25) is 0 Å². The molecule has 1 heterocycles. The number of imidazole rings is 1. The third kappa shape index (κ3) is 1.57. The van der Waals surface area contributed by atoms with E-state index in [-0.39, 0.29) is 0 Å². The minimum absolute atomic E-state index is 0.707. The summed E-state index contributed by atoms with van der Waals surface area (Å²) in [7, 11) is 0. The van der Waals surface area contributed by atoms with Crippen molar-refractivity contribution in [2.24, 2.45) is 5.73 Å². The van der Waals surface area contributed by atoms with Crippen LogP contribution in [0.4, 0.5) is 0 Å². The summed E-state index contributed by atoms with van der Waals surface area (Å²) in [6.45, 7) is 4.76. The van der Waals surface area contributed by atoms with Gasteiger partial charge in [0, 0.05) is 6.54 Å². The summed E-state index contributed by atoms with van der Waals surface area (Å²) in [6.07, 6.45) is 6.15. The lowest BCUT2D eigenvalue weighted by Gasteiger charge is -1.88. The molecule has 56 valence electrons. The maximum Gasteiger partial charge on any atom is 0.243 e. The summed E-state index contributed by atoms with van der Waals surface area (Å²) in [5.41, 5.74) is 5.38. The lowest BCUT2D eigenvalue weighted by Crippen LogP contribution is -2.29. The highest BCUT2D eigenvalue weighted by Crippen LogP contribution is 1.81. The van der Waals surface area contributed by atoms with Gasteiger partial charge >= 0.3 is 0 Å². The Kier molecular flexibility index (Phi) is 2.45. The Hall–Kier alpha value is -0.830. The van der Waals surface area contributed by atoms with Gasteiger partial charge in [-0.25, -0.2) is 9.13 Å². The summed E-state index contributed by atoms with van der Waals surface area (Å²) >= 11 is 0. The number of hydrogen-bond acceptors (Lipinski definition) is 1. The maximum absolute atomic E-state index is 5.38. The predicted octanol–water partition coefficient (Wildman–Crippen LogP) is -0.246. The molecule has 1 aromatic rings. The van der Waals surface area contributed by atoms with Gasteiger partial charge < -0.3 is 5.73 Å². The number of aromatic nitrogens is 2. The van der Waals surface area contributed by atoms with E-state index in [4.69, 9.17) is 5.73 Å². The van der Waals surface area contributed by atoms with Crippen molar-refractivity contribution in [2.75, 3.05) is 6.54 Å². The fraction of sp³-hybridized carbons (Fsp3) is 0.571. The van der Waals surface area contributed by atoms with Crippen molar-refractivity contribution in [1.29, 1.82) is 0 Å². The van der Waals surface area contributed by atoms with E-state index in [1.165, 1.54) is 0 Å². The summed E-state index contributed by atoms with van der Waals surface area (Å²) in [5.74, 6) is 0. The molecule has 0 amide bonds. The first-order chi connectivity index (χ1) is 4.86. The highest BCUT2D eigenvalue weighted by Gasteiger charge is 1.97. The fourth-order valence-electron chi connectivity index (χ4n) is 0.907. The van der Waals surface area contributed by atoms with Gasteiger partial charge in [-0.15, -0.1) is 0 Å². The monoisotopic (exact) mass is 140 g/mol. The van der Waals surface area contributed by atoms with Crippen molar-refractivity contribution in [3.8, 4) is 0 Å². The lowest BCUT2D eigenvalue weighted by molar-refractivity contribution is -0.693. The van der Waals surface area contributed by atoms with Gasteiger partial charge in [0.05, 0.1) is 6.54 Å². The Bertz CT molecular complexity index is 192. The molecule has 3 heteroatoms. The molecule has 0 saturated carbocycles. The van der Waals surface area contributed by atoms with Crippen LogP contribution in [-0.4, -0.2) is 11.1 Å². The molecule has 3 nitrogen and oxygen atoms in total. The number of rotatable bonds is 3. The fourth-order valence-corrected chi connectivity index (χ4v) is 0.907. The van der Waals surface area contributed by atoms with Gasteiger partial charge in [0.1, 0.15) is 18.9 Å². The molecule has 1 aromatic heterocycles. The average molecular weight is 140 g/mol. The molecular weight excluding hydrogens is 126 g/mol. The smallest absolute Gasteiger partial charge is 0.243 e. The van der Waals surface area contributed by atoms with Gasteiger partial charge in [-0.05, 0) is 6.92 Å². The van der Waals surface area contributed by atoms with E-state index in [0.29, 0.717) is 6.54 Å². The minimum atomic E-state index is 0.707. The number of nitrogens with zero attached hydrogens (tertiary/aromatic N) is 2. The second kappa shape index (κ2) is 3.37. The van der Waals surface area contributed by atoms with Crippen LogP contribution in [0.15, 0.2) is 18.7 Å². The van der Waals surface area contributed by atoms with Gasteiger partial charge in [-0.3, -0.25) is 0 Å². The van der Waals surface area contributed by atoms with Crippen LogP contribution in [0, 0.1) is 0 Å². The highest BCUT2D eigenvalue weighted by atomic mass is 15.1. The molecule has 1 rings (SSSR count). The van der Waals surface area contributed by atoms with E-state index in [2.05, 4.69) is 28.6 Å². The average Bonchev–Trinajstić information content (AvgIpc) is 2.37. The highest BCUT2D eigenvalue weighted by molar-refractivity contribution is 4.65. The van der Waals surface area contributed by atoms with Crippen LogP contribution >= 0.6 is 0 Å². The van der Waals surface area contributed by atoms with Crippen molar-refractivity contribution in [1.82, 2.24) is 4.57 Å². The third-order valence-corrected chi connectivity index (χ3v) is 1.50. The second-order valence-corrected chi connectivity index (χ2v) is 2.27. The second-order valence-electron chi connectivity index (χ2n) is 2.27. The van der Waals surface area contributed by atoms with Gasteiger partial charge in [-0.1, -0.05) is 0 Å². The van der Waals surface area contributed by atoms with Gasteiger partial charge in [0.15, 0.2) is 0 Å². The number of hydrogen-bond donors (Lipinski definition) is 1. The molecule has 0 aliphatic rings. The van der Waals surface area contributed by atoms with E-state index < -0.39 is 0 Å². The van der Waals surface area contributed by atoms with Crippen LogP contribution in [0.5, 0.6) is 0 Å². The molecule has 0 atom stereocenters. The summed E-state index contributed by atoms with van der Waals surface area (Å²) in [4.78, 5) is 0. The topological polar surface area (TPSA) is 34.8 Å². The molecular formula is C7H14N3+. The molecule has 0 fully saturated rings. The number of nitrogens with two attached hydrogens (primary N) is 1. The van der Waals surface area contributed by atoms with Crippen molar-refractivity contribution in [3.63, 3.8) is 0 Å². The van der Waals surface area contributed by atoms with Gasteiger partial charge in [-0.2, -0.15) is 0 Å². The molecule has 0 radical (unpaired) electrons. The van der Waals surface area contributed by atoms with Gasteiger partial charge in [0.2, 0.25) is 6.33 Å². The number of aryl methyl sites for hydroxylation is 1. The van der Waals surface area contributed by atoms with Crippen molar-refractivity contribution in [2.45, 2.75) is 20.0 Å². The Labute approximate surface area is 61.1 Å². The van der Waals surface area contributed by atoms with E-state index >= 15 is 0 Å². The molecule has 0 aromatic carbocycles. The first kappa shape index (κ1) is 7.28. The molecule has 2 N–H and O–H groups in total. The molecule has 10 heavy (non-hydrogen) atoms. The van der Waals surface area contributed by atoms with Crippen LogP contribution in [-0.2, 0) is 13.1 Å². The van der Waals surface area contributed by atoms with Crippen molar-refractivity contribution >= 4 is 0 Å². The molecule has 0 aliphatic carbocycles. The SMILES string of the molecule is CC[n+]1ccn(CCN)c1. The molecule has 0 bridgehead atoms. The standard InChI is InChI=1S/C7H14N3/c1-2-9-5-6-10(7-9)4-3-8/h5-7H,2-4,8H2,1H3/q+1. The van der Waals surface area contributed by atoms with Crippen molar-refractivity contribution < 1.29 is 4.57 Å². The van der Waals surface area contributed by atoms with Gasteiger partial charge in [0.25, 0.3) is 0 Å². The van der Waals surface area contributed by atoms with E-state index in [0.717, 1.165) is 13.1 Å². The Morgan fingerprint density at radius 3 is 2.90 bits per heavy atom. The lowest BCUT2D eigenvalue weighted by atomic mass is 10.6. The van der Waals surface area contributed by atoms with E-state index in [1.807, 2.05) is 6.20 Å². The first-order valence-corrected chi connectivity index (χ1v) is 3.61. The summed E-state index contributed by atoms with van der Waals surface area (Å²) in [5, 5.41) is 0. The van der Waals surface area contributed by atoms with Crippen LogP contribution in [0.1, 0.15) is 6.92 Å². The van der Waals surface area contributed by atoms with E-state index in [1.54, 1.807) is 0 Å². The van der Waals surface area contributed by atoms with Crippen molar-refractivity contribution in [3.05, 3.63) is 18.7 Å². The maximum atomic E-state index is 5.38. The van der Waals surface area contributed by atoms with Crippen LogP contribution in [0.3, 0.4) is 0 Å². The van der Waals surface area contributed by atoms with Crippen LogP contribution in [0.25, 0.3) is 0 Å². The molecule has 0 saturated heterocycles. The Balaban J connectivity index is 2.59. The molecule has 0 spiro atoms. The zero-order valence-corrected chi connectivity index (χ0v) is 6.33. The third-order valence-electron chi connectivity index (χ3n) is 1.50. The zero-order chi connectivity index (χ0) is 7.40. The Morgan fingerprint density at radius 2 is 2.40 bits per heavy atom.